The minimum atomic E-state index is 0.227. The van der Waals surface area contributed by atoms with Crippen molar-refractivity contribution >= 4 is 5.78 Å². The molecule has 0 saturated carbocycles. The van der Waals surface area contributed by atoms with E-state index in [1.165, 1.54) is 0 Å². The summed E-state index contributed by atoms with van der Waals surface area (Å²) in [6.07, 6.45) is 5.26. The molecule has 84 valence electrons. The molecule has 0 heterocycles. The highest BCUT2D eigenvalue weighted by molar-refractivity contribution is 6.09. The molecule has 1 aliphatic rings. The lowest BCUT2D eigenvalue weighted by Crippen LogP contribution is -2.11. The van der Waals surface area contributed by atoms with Crippen LogP contribution in [0.25, 0.3) is 0 Å². The SMILES string of the molecule is Cc1ccccc1C(=O)C1=CCC(C)CC1. The molecule has 0 spiro atoms. The van der Waals surface area contributed by atoms with Gasteiger partial charge in [0.05, 0.1) is 0 Å². The molecule has 1 aromatic rings. The number of carbonyl (C=O) groups excluding carboxylic acids is 1. The smallest absolute Gasteiger partial charge is 0.188 e. The first-order chi connectivity index (χ1) is 7.68. The summed E-state index contributed by atoms with van der Waals surface area (Å²) in [5.41, 5.74) is 2.95. The Morgan fingerprint density at radius 1 is 1.31 bits per heavy atom. The van der Waals surface area contributed by atoms with Crippen molar-refractivity contribution in [3.05, 3.63) is 47.0 Å². The number of hydrogen-bond donors (Lipinski definition) is 0. The topological polar surface area (TPSA) is 17.1 Å². The van der Waals surface area contributed by atoms with Gasteiger partial charge < -0.3 is 0 Å². The van der Waals surface area contributed by atoms with E-state index in [2.05, 4.69) is 13.0 Å². The van der Waals surface area contributed by atoms with E-state index in [0.717, 1.165) is 41.9 Å². The van der Waals surface area contributed by atoms with Crippen molar-refractivity contribution in [2.75, 3.05) is 0 Å². The normalized spacial score (nSPS) is 20.4. The van der Waals surface area contributed by atoms with Crippen molar-refractivity contribution in [3.63, 3.8) is 0 Å². The van der Waals surface area contributed by atoms with Crippen LogP contribution in [0.1, 0.15) is 42.1 Å². The molecule has 0 bridgehead atoms. The number of carbonyl (C=O) groups is 1. The third kappa shape index (κ3) is 2.24. The van der Waals surface area contributed by atoms with E-state index in [1.54, 1.807) is 0 Å². The Bertz CT molecular complexity index is 429. The maximum atomic E-state index is 12.3. The van der Waals surface area contributed by atoms with E-state index in [4.69, 9.17) is 0 Å². The molecule has 16 heavy (non-hydrogen) atoms. The van der Waals surface area contributed by atoms with Gasteiger partial charge in [-0.2, -0.15) is 0 Å². The zero-order chi connectivity index (χ0) is 11.5. The van der Waals surface area contributed by atoms with Gasteiger partial charge in [-0.25, -0.2) is 0 Å². The van der Waals surface area contributed by atoms with Crippen molar-refractivity contribution in [2.24, 2.45) is 5.92 Å². The van der Waals surface area contributed by atoms with Crippen LogP contribution in [-0.2, 0) is 0 Å². The van der Waals surface area contributed by atoms with Gasteiger partial charge in [0.1, 0.15) is 0 Å². The third-order valence-electron chi connectivity index (χ3n) is 3.35. The van der Waals surface area contributed by atoms with Crippen molar-refractivity contribution < 1.29 is 4.79 Å². The highest BCUT2D eigenvalue weighted by atomic mass is 16.1. The predicted octanol–water partition coefficient (Wildman–Crippen LogP) is 3.92. The van der Waals surface area contributed by atoms with Crippen LogP contribution >= 0.6 is 0 Å². The first-order valence-corrected chi connectivity index (χ1v) is 5.98. The number of ketones is 1. The maximum absolute atomic E-state index is 12.3. The van der Waals surface area contributed by atoms with Gasteiger partial charge in [-0.05, 0) is 43.2 Å². The lowest BCUT2D eigenvalue weighted by Gasteiger charge is -2.17. The van der Waals surface area contributed by atoms with Crippen LogP contribution in [-0.4, -0.2) is 5.78 Å². The van der Waals surface area contributed by atoms with Crippen LogP contribution in [0.2, 0.25) is 0 Å². The highest BCUT2D eigenvalue weighted by Gasteiger charge is 2.18. The molecular weight excluding hydrogens is 196 g/mol. The largest absolute Gasteiger partial charge is 0.289 e. The van der Waals surface area contributed by atoms with Crippen LogP contribution in [0.4, 0.5) is 0 Å². The molecule has 0 radical (unpaired) electrons. The quantitative estimate of drug-likeness (QED) is 0.682. The average Bonchev–Trinajstić information content (AvgIpc) is 2.30. The van der Waals surface area contributed by atoms with Crippen LogP contribution in [0.5, 0.6) is 0 Å². The van der Waals surface area contributed by atoms with Crippen molar-refractivity contribution in [1.29, 1.82) is 0 Å². The monoisotopic (exact) mass is 214 g/mol. The van der Waals surface area contributed by atoms with Gasteiger partial charge in [0.15, 0.2) is 5.78 Å². The minimum Gasteiger partial charge on any atom is -0.289 e. The van der Waals surface area contributed by atoms with E-state index < -0.39 is 0 Å². The molecule has 1 unspecified atom stereocenters. The number of allylic oxidation sites excluding steroid dienone is 2. The maximum Gasteiger partial charge on any atom is 0.188 e. The lowest BCUT2D eigenvalue weighted by atomic mass is 9.87. The van der Waals surface area contributed by atoms with Crippen LogP contribution in [0.3, 0.4) is 0 Å². The molecule has 1 atom stereocenters. The fourth-order valence-electron chi connectivity index (χ4n) is 2.17. The fraction of sp³-hybridized carbons (Fsp3) is 0.400. The molecular formula is C15H18O. The first-order valence-electron chi connectivity index (χ1n) is 5.98. The standard InChI is InChI=1S/C15H18O/c1-11-7-9-13(10-8-11)15(16)14-6-4-3-5-12(14)2/h3-6,9,11H,7-8,10H2,1-2H3. The predicted molar refractivity (Wildman–Crippen MR) is 66.6 cm³/mol. The zero-order valence-corrected chi connectivity index (χ0v) is 9.99. The Hall–Kier alpha value is -1.37. The van der Waals surface area contributed by atoms with Gasteiger partial charge in [-0.15, -0.1) is 0 Å². The summed E-state index contributed by atoms with van der Waals surface area (Å²) in [6.45, 7) is 4.24. The van der Waals surface area contributed by atoms with E-state index in [0.29, 0.717) is 0 Å². The number of rotatable bonds is 2. The minimum absolute atomic E-state index is 0.227. The van der Waals surface area contributed by atoms with Gasteiger partial charge in [-0.1, -0.05) is 37.3 Å². The molecule has 0 fully saturated rings. The van der Waals surface area contributed by atoms with Crippen LogP contribution in [0.15, 0.2) is 35.9 Å². The van der Waals surface area contributed by atoms with Gasteiger partial charge in [-0.3, -0.25) is 4.79 Å². The Kier molecular flexibility index (Phi) is 3.23. The average molecular weight is 214 g/mol. The Morgan fingerprint density at radius 2 is 2.06 bits per heavy atom. The van der Waals surface area contributed by atoms with E-state index in [9.17, 15) is 4.79 Å². The second-order valence-corrected chi connectivity index (χ2v) is 4.75. The fourth-order valence-corrected chi connectivity index (χ4v) is 2.17. The van der Waals surface area contributed by atoms with Gasteiger partial charge in [0.25, 0.3) is 0 Å². The zero-order valence-electron chi connectivity index (χ0n) is 9.99. The van der Waals surface area contributed by atoms with Crippen molar-refractivity contribution in [1.82, 2.24) is 0 Å². The number of hydrogen-bond acceptors (Lipinski definition) is 1. The Morgan fingerprint density at radius 3 is 2.69 bits per heavy atom. The second-order valence-electron chi connectivity index (χ2n) is 4.75. The third-order valence-corrected chi connectivity index (χ3v) is 3.35. The molecule has 0 amide bonds. The molecule has 1 aromatic carbocycles. The molecule has 0 N–H and O–H groups in total. The summed E-state index contributed by atoms with van der Waals surface area (Å²) in [6, 6.07) is 7.84. The molecule has 0 aromatic heterocycles. The van der Waals surface area contributed by atoms with E-state index >= 15 is 0 Å². The highest BCUT2D eigenvalue weighted by Crippen LogP contribution is 2.26. The lowest BCUT2D eigenvalue weighted by molar-refractivity contribution is 0.102. The number of benzene rings is 1. The van der Waals surface area contributed by atoms with Crippen molar-refractivity contribution in [2.45, 2.75) is 33.1 Å². The van der Waals surface area contributed by atoms with Crippen LogP contribution in [0, 0.1) is 12.8 Å². The molecule has 1 aliphatic carbocycles. The molecule has 1 heteroatoms. The Balaban J connectivity index is 2.23. The summed E-state index contributed by atoms with van der Waals surface area (Å²) in [4.78, 5) is 12.3. The van der Waals surface area contributed by atoms with Crippen molar-refractivity contribution in [3.8, 4) is 0 Å². The summed E-state index contributed by atoms with van der Waals surface area (Å²) in [5.74, 6) is 0.957. The molecule has 1 nitrogen and oxygen atoms in total. The summed E-state index contributed by atoms with van der Waals surface area (Å²) < 4.78 is 0. The van der Waals surface area contributed by atoms with Gasteiger partial charge >= 0.3 is 0 Å². The van der Waals surface area contributed by atoms with Gasteiger partial charge in [0.2, 0.25) is 0 Å². The Labute approximate surface area is 97.2 Å². The summed E-state index contributed by atoms with van der Waals surface area (Å²) in [7, 11) is 0. The molecule has 0 saturated heterocycles. The first kappa shape index (κ1) is 11.1. The van der Waals surface area contributed by atoms with E-state index in [1.807, 2.05) is 31.2 Å². The molecule has 2 rings (SSSR count). The number of aryl methyl sites for hydroxylation is 1. The number of Topliss-reactive ketones (excluding diaryl/α,β-unsaturated/α-hetero) is 1. The second kappa shape index (κ2) is 4.65. The summed E-state index contributed by atoms with van der Waals surface area (Å²) in [5, 5.41) is 0. The molecule has 0 aliphatic heterocycles. The van der Waals surface area contributed by atoms with Gasteiger partial charge in [0, 0.05) is 5.56 Å². The summed E-state index contributed by atoms with van der Waals surface area (Å²) >= 11 is 0. The van der Waals surface area contributed by atoms with Crippen LogP contribution < -0.4 is 0 Å². The van der Waals surface area contributed by atoms with E-state index in [-0.39, 0.29) is 5.78 Å².